The van der Waals surface area contributed by atoms with Gasteiger partial charge in [0.05, 0.1) is 0 Å². The zero-order chi connectivity index (χ0) is 15.9. The minimum absolute atomic E-state index is 0.00835. The molecule has 21 heavy (non-hydrogen) atoms. The number of carbonyl (C=O) groups is 1. The SMILES string of the molecule is CC(CCNC(=O)C1(C(N)=NO)CCCCCC1)S(C)=O. The van der Waals surface area contributed by atoms with Gasteiger partial charge in [-0.3, -0.25) is 9.00 Å². The first kappa shape index (κ1) is 17.9. The van der Waals surface area contributed by atoms with Crippen molar-refractivity contribution in [2.24, 2.45) is 16.3 Å². The van der Waals surface area contributed by atoms with E-state index >= 15 is 0 Å². The molecule has 1 saturated carbocycles. The maximum atomic E-state index is 12.6. The number of nitrogens with one attached hydrogen (secondary N) is 1. The third kappa shape index (κ3) is 4.69. The Morgan fingerprint density at radius 1 is 1.38 bits per heavy atom. The normalized spacial score (nSPS) is 22.1. The third-order valence-electron chi connectivity index (χ3n) is 4.39. The summed E-state index contributed by atoms with van der Waals surface area (Å²) in [6.07, 6.45) is 7.49. The standard InChI is InChI=1S/C14H27N3O3S/c1-11(21(2)20)7-10-16-13(18)14(12(15)17-19)8-5-3-4-6-9-14/h11,19H,3-10H2,1-2H3,(H2,15,17)(H,16,18). The van der Waals surface area contributed by atoms with Gasteiger partial charge in [-0.1, -0.05) is 37.8 Å². The monoisotopic (exact) mass is 317 g/mol. The molecule has 0 heterocycles. The van der Waals surface area contributed by atoms with Gasteiger partial charge in [-0.25, -0.2) is 0 Å². The van der Waals surface area contributed by atoms with E-state index in [2.05, 4.69) is 10.5 Å². The largest absolute Gasteiger partial charge is 0.409 e. The van der Waals surface area contributed by atoms with Crippen LogP contribution in [0.3, 0.4) is 0 Å². The van der Waals surface area contributed by atoms with Crippen molar-refractivity contribution in [3.63, 3.8) is 0 Å². The Hall–Kier alpha value is -1.11. The molecule has 0 bridgehead atoms. The predicted octanol–water partition coefficient (Wildman–Crippen LogP) is 1.35. The van der Waals surface area contributed by atoms with E-state index in [0.29, 0.717) is 25.8 Å². The first-order valence-corrected chi connectivity index (χ1v) is 9.14. The van der Waals surface area contributed by atoms with Crippen molar-refractivity contribution in [3.05, 3.63) is 0 Å². The number of hydrogen-bond acceptors (Lipinski definition) is 4. The van der Waals surface area contributed by atoms with Crippen molar-refractivity contribution in [3.8, 4) is 0 Å². The molecule has 0 aromatic carbocycles. The number of nitrogens with two attached hydrogens (primary N) is 1. The van der Waals surface area contributed by atoms with Crippen molar-refractivity contribution in [1.82, 2.24) is 5.32 Å². The van der Waals surface area contributed by atoms with Gasteiger partial charge < -0.3 is 16.3 Å². The van der Waals surface area contributed by atoms with Crippen LogP contribution < -0.4 is 11.1 Å². The zero-order valence-electron chi connectivity index (χ0n) is 12.9. The van der Waals surface area contributed by atoms with Crippen LogP contribution >= 0.6 is 0 Å². The second-order valence-electron chi connectivity index (χ2n) is 5.84. The van der Waals surface area contributed by atoms with E-state index in [4.69, 9.17) is 10.9 Å². The van der Waals surface area contributed by atoms with Crippen LogP contribution in [0.4, 0.5) is 0 Å². The van der Waals surface area contributed by atoms with Crippen LogP contribution in [0.1, 0.15) is 51.9 Å². The first-order chi connectivity index (χ1) is 9.94. The molecule has 1 aliphatic carbocycles. The molecule has 1 rings (SSSR count). The van der Waals surface area contributed by atoms with Gasteiger partial charge in [0, 0.05) is 28.9 Å². The highest BCUT2D eigenvalue weighted by Gasteiger charge is 2.42. The maximum absolute atomic E-state index is 12.6. The molecule has 0 saturated heterocycles. The summed E-state index contributed by atoms with van der Waals surface area (Å²) in [4.78, 5) is 12.6. The molecule has 122 valence electrons. The Bertz CT molecular complexity index is 404. The summed E-state index contributed by atoms with van der Waals surface area (Å²) >= 11 is 0. The summed E-state index contributed by atoms with van der Waals surface area (Å²) in [6.45, 7) is 2.35. The van der Waals surface area contributed by atoms with Crippen LogP contribution in [0.25, 0.3) is 0 Å². The van der Waals surface area contributed by atoms with Crippen LogP contribution in [0.5, 0.6) is 0 Å². The van der Waals surface area contributed by atoms with Crippen LogP contribution in [-0.2, 0) is 15.6 Å². The molecule has 0 aromatic heterocycles. The van der Waals surface area contributed by atoms with Gasteiger partial charge in [0.15, 0.2) is 5.84 Å². The van der Waals surface area contributed by atoms with Gasteiger partial charge in [0.2, 0.25) is 5.91 Å². The van der Waals surface area contributed by atoms with E-state index in [1.807, 2.05) is 6.92 Å². The van der Waals surface area contributed by atoms with Crippen molar-refractivity contribution in [2.45, 2.75) is 57.1 Å². The van der Waals surface area contributed by atoms with Crippen LogP contribution in [0.2, 0.25) is 0 Å². The average molecular weight is 317 g/mol. The molecule has 6 nitrogen and oxygen atoms in total. The maximum Gasteiger partial charge on any atom is 0.233 e. The Balaban J connectivity index is 2.70. The Morgan fingerprint density at radius 2 is 1.95 bits per heavy atom. The molecule has 1 aliphatic rings. The van der Waals surface area contributed by atoms with Crippen LogP contribution in [0, 0.1) is 5.41 Å². The van der Waals surface area contributed by atoms with Gasteiger partial charge >= 0.3 is 0 Å². The molecule has 0 radical (unpaired) electrons. The van der Waals surface area contributed by atoms with Crippen molar-refractivity contribution < 1.29 is 14.2 Å². The number of oxime groups is 1. The number of rotatable bonds is 6. The Kier molecular flexibility index (Phi) is 7.14. The van der Waals surface area contributed by atoms with E-state index in [0.717, 1.165) is 25.7 Å². The average Bonchev–Trinajstić information content (AvgIpc) is 2.72. The zero-order valence-corrected chi connectivity index (χ0v) is 13.7. The molecular weight excluding hydrogens is 290 g/mol. The topological polar surface area (TPSA) is 105 Å². The second-order valence-corrected chi connectivity index (χ2v) is 7.64. The van der Waals surface area contributed by atoms with E-state index < -0.39 is 16.2 Å². The fourth-order valence-corrected chi connectivity index (χ4v) is 3.20. The lowest BCUT2D eigenvalue weighted by Gasteiger charge is -2.30. The summed E-state index contributed by atoms with van der Waals surface area (Å²) in [5.41, 5.74) is 4.93. The van der Waals surface area contributed by atoms with E-state index in [1.165, 1.54) is 0 Å². The van der Waals surface area contributed by atoms with Gasteiger partial charge in [-0.2, -0.15) is 0 Å². The lowest BCUT2D eigenvalue weighted by Crippen LogP contribution is -2.50. The van der Waals surface area contributed by atoms with Gasteiger partial charge in [0.25, 0.3) is 0 Å². The van der Waals surface area contributed by atoms with Gasteiger partial charge in [-0.05, 0) is 19.3 Å². The molecule has 0 aromatic rings. The Morgan fingerprint density at radius 3 is 2.43 bits per heavy atom. The molecule has 4 N–H and O–H groups in total. The fraction of sp³-hybridized carbons (Fsp3) is 0.857. The smallest absolute Gasteiger partial charge is 0.233 e. The number of nitrogens with zero attached hydrogens (tertiary/aromatic N) is 1. The summed E-state index contributed by atoms with van der Waals surface area (Å²) in [6, 6.07) is 0. The number of carbonyl (C=O) groups excluding carboxylic acids is 1. The summed E-state index contributed by atoms with van der Waals surface area (Å²) in [7, 11) is -0.893. The van der Waals surface area contributed by atoms with Crippen LogP contribution in [-0.4, -0.2) is 39.2 Å². The molecule has 1 fully saturated rings. The lowest BCUT2D eigenvalue weighted by atomic mass is 9.78. The summed E-state index contributed by atoms with van der Waals surface area (Å²) in [5.74, 6) is -0.164. The van der Waals surface area contributed by atoms with E-state index in [-0.39, 0.29) is 17.0 Å². The highest BCUT2D eigenvalue weighted by atomic mass is 32.2. The highest BCUT2D eigenvalue weighted by Crippen LogP contribution is 2.35. The van der Waals surface area contributed by atoms with Crippen LogP contribution in [0.15, 0.2) is 5.16 Å². The molecule has 0 spiro atoms. The molecule has 1 amide bonds. The van der Waals surface area contributed by atoms with Crippen molar-refractivity contribution in [2.75, 3.05) is 12.8 Å². The number of amidine groups is 1. The van der Waals surface area contributed by atoms with Crippen molar-refractivity contribution >= 4 is 22.5 Å². The first-order valence-electron chi connectivity index (χ1n) is 7.52. The van der Waals surface area contributed by atoms with E-state index in [9.17, 15) is 9.00 Å². The van der Waals surface area contributed by atoms with Gasteiger partial charge in [-0.15, -0.1) is 0 Å². The molecule has 2 unspecified atom stereocenters. The van der Waals surface area contributed by atoms with Crippen molar-refractivity contribution in [1.29, 1.82) is 0 Å². The number of hydrogen-bond donors (Lipinski definition) is 3. The quantitative estimate of drug-likeness (QED) is 0.226. The fourth-order valence-electron chi connectivity index (χ4n) is 2.75. The minimum Gasteiger partial charge on any atom is -0.409 e. The molecule has 7 heteroatoms. The predicted molar refractivity (Wildman–Crippen MR) is 84.7 cm³/mol. The number of amides is 1. The Labute approximate surface area is 129 Å². The highest BCUT2D eigenvalue weighted by molar-refractivity contribution is 7.84. The van der Waals surface area contributed by atoms with Gasteiger partial charge in [0.1, 0.15) is 5.41 Å². The third-order valence-corrected chi connectivity index (χ3v) is 5.76. The molecule has 0 aliphatic heterocycles. The lowest BCUT2D eigenvalue weighted by molar-refractivity contribution is -0.128. The minimum atomic E-state index is -0.893. The summed E-state index contributed by atoms with van der Waals surface area (Å²) < 4.78 is 11.3. The van der Waals surface area contributed by atoms with E-state index in [1.54, 1.807) is 6.26 Å². The molecule has 2 atom stereocenters. The summed E-state index contributed by atoms with van der Waals surface area (Å²) in [5, 5.41) is 15.0. The molecular formula is C14H27N3O3S. The second kappa shape index (κ2) is 8.36.